The van der Waals surface area contributed by atoms with E-state index in [2.05, 4.69) is 26.1 Å². The van der Waals surface area contributed by atoms with Crippen LogP contribution in [0.2, 0.25) is 0 Å². The van der Waals surface area contributed by atoms with Gasteiger partial charge in [-0.25, -0.2) is 0 Å². The summed E-state index contributed by atoms with van der Waals surface area (Å²) < 4.78 is 0. The minimum Gasteiger partial charge on any atom is -0.353 e. The van der Waals surface area contributed by atoms with Crippen molar-refractivity contribution in [3.63, 3.8) is 0 Å². The first-order chi connectivity index (χ1) is 5.98. The first-order valence-corrected chi connectivity index (χ1v) is 5.28. The van der Waals surface area contributed by atoms with Crippen LogP contribution in [0.3, 0.4) is 0 Å². The number of fused-ring (bicyclic) bond motifs is 1. The molecule has 1 heterocycles. The van der Waals surface area contributed by atoms with Crippen LogP contribution in [0.15, 0.2) is 0 Å². The molecule has 13 heavy (non-hydrogen) atoms. The van der Waals surface area contributed by atoms with Crippen molar-refractivity contribution in [1.29, 1.82) is 0 Å². The molecule has 2 heteroatoms. The van der Waals surface area contributed by atoms with Crippen LogP contribution in [0.25, 0.3) is 0 Å². The average molecular weight is 179 g/mol. The molecule has 1 amide bonds. The molecule has 72 valence electrons. The number of nitrogens with one attached hydrogen (secondary N) is 1. The summed E-state index contributed by atoms with van der Waals surface area (Å²) in [5.74, 6) is 1.40. The summed E-state index contributed by atoms with van der Waals surface area (Å²) >= 11 is 0. The van der Waals surface area contributed by atoms with Crippen LogP contribution in [0.4, 0.5) is 0 Å². The molecule has 2 nitrogen and oxygen atoms in total. The summed E-state index contributed by atoms with van der Waals surface area (Å²) in [6.45, 7) is 7.00. The zero-order valence-corrected chi connectivity index (χ0v) is 8.55. The van der Waals surface area contributed by atoms with E-state index < -0.39 is 0 Å². The zero-order chi connectivity index (χ0) is 9.43. The third-order valence-corrected chi connectivity index (χ3v) is 5.53. The van der Waals surface area contributed by atoms with E-state index in [4.69, 9.17) is 0 Å². The Bertz CT molecular complexity index is 296. The molecule has 3 aliphatic rings. The number of carbonyl (C=O) groups is 1. The van der Waals surface area contributed by atoms with E-state index in [-0.39, 0.29) is 5.41 Å². The van der Waals surface area contributed by atoms with Gasteiger partial charge in [0.2, 0.25) is 5.91 Å². The fourth-order valence-corrected chi connectivity index (χ4v) is 4.19. The number of rotatable bonds is 0. The highest BCUT2D eigenvalue weighted by molar-refractivity contribution is 5.84. The highest BCUT2D eigenvalue weighted by Crippen LogP contribution is 2.70. The molecule has 3 fully saturated rings. The highest BCUT2D eigenvalue weighted by Gasteiger charge is 2.71. The summed E-state index contributed by atoms with van der Waals surface area (Å²) in [6, 6.07) is 0.471. The molecule has 2 saturated carbocycles. The Labute approximate surface area is 79.1 Å². The lowest BCUT2D eigenvalue weighted by Gasteiger charge is -2.36. The van der Waals surface area contributed by atoms with E-state index >= 15 is 0 Å². The van der Waals surface area contributed by atoms with Gasteiger partial charge in [-0.05, 0) is 24.2 Å². The Balaban J connectivity index is 2.18. The lowest BCUT2D eigenvalue weighted by atomic mass is 9.67. The van der Waals surface area contributed by atoms with E-state index in [0.717, 1.165) is 12.3 Å². The highest BCUT2D eigenvalue weighted by atomic mass is 16.2. The fraction of sp³-hybridized carbons (Fsp3) is 0.909. The first-order valence-electron chi connectivity index (χ1n) is 5.28. The van der Waals surface area contributed by atoms with Crippen molar-refractivity contribution in [2.45, 2.75) is 39.7 Å². The van der Waals surface area contributed by atoms with Crippen LogP contribution in [0.5, 0.6) is 0 Å². The van der Waals surface area contributed by atoms with Gasteiger partial charge in [0.1, 0.15) is 0 Å². The largest absolute Gasteiger partial charge is 0.353 e. The second kappa shape index (κ2) is 1.79. The second-order valence-corrected chi connectivity index (χ2v) is 5.79. The molecule has 1 aliphatic heterocycles. The van der Waals surface area contributed by atoms with Crippen molar-refractivity contribution in [1.82, 2.24) is 5.32 Å². The molecule has 1 N–H and O–H groups in total. The zero-order valence-electron chi connectivity index (χ0n) is 8.55. The quantitative estimate of drug-likeness (QED) is 0.600. The lowest BCUT2D eigenvalue weighted by molar-refractivity contribution is -0.123. The van der Waals surface area contributed by atoms with Crippen LogP contribution in [0, 0.1) is 22.7 Å². The maximum Gasteiger partial charge on any atom is 0.224 e. The van der Waals surface area contributed by atoms with Crippen LogP contribution >= 0.6 is 0 Å². The van der Waals surface area contributed by atoms with Gasteiger partial charge in [-0.3, -0.25) is 4.79 Å². The Morgan fingerprint density at radius 1 is 1.31 bits per heavy atom. The van der Waals surface area contributed by atoms with Crippen molar-refractivity contribution in [2.24, 2.45) is 22.7 Å². The Morgan fingerprint density at radius 2 is 2.00 bits per heavy atom. The molecule has 2 aliphatic carbocycles. The van der Waals surface area contributed by atoms with Crippen LogP contribution < -0.4 is 5.32 Å². The minimum absolute atomic E-state index is 0.245. The van der Waals surface area contributed by atoms with Crippen LogP contribution in [-0.4, -0.2) is 11.9 Å². The van der Waals surface area contributed by atoms with E-state index in [9.17, 15) is 4.79 Å². The number of carbonyl (C=O) groups excluding carboxylic acids is 1. The summed E-state index contributed by atoms with van der Waals surface area (Å²) in [5.41, 5.74) is 0.607. The Kier molecular flexibility index (Phi) is 1.08. The van der Waals surface area contributed by atoms with Crippen molar-refractivity contribution >= 4 is 5.91 Å². The molecule has 4 unspecified atom stereocenters. The Hall–Kier alpha value is -0.530. The minimum atomic E-state index is 0.245. The third kappa shape index (κ3) is 0.570. The van der Waals surface area contributed by atoms with Gasteiger partial charge in [0.15, 0.2) is 0 Å². The summed E-state index contributed by atoms with van der Waals surface area (Å²) in [7, 11) is 0. The smallest absolute Gasteiger partial charge is 0.224 e. The van der Waals surface area contributed by atoms with Gasteiger partial charge in [-0.1, -0.05) is 20.8 Å². The Morgan fingerprint density at radius 3 is 2.46 bits per heavy atom. The molecule has 2 bridgehead atoms. The van der Waals surface area contributed by atoms with Crippen molar-refractivity contribution < 1.29 is 4.79 Å². The standard InChI is InChI=1S/C11H17NO/c1-10(2)6-4-7-9(13)12-8(5-6)11(7,10)3/h6-8H,4-5H2,1-3H3,(H,12,13). The monoisotopic (exact) mass is 179 g/mol. The van der Waals surface area contributed by atoms with Gasteiger partial charge in [-0.15, -0.1) is 0 Å². The molecule has 0 aromatic heterocycles. The third-order valence-electron chi connectivity index (χ3n) is 5.53. The van der Waals surface area contributed by atoms with Crippen LogP contribution in [0.1, 0.15) is 33.6 Å². The van der Waals surface area contributed by atoms with E-state index in [0.29, 0.717) is 23.3 Å². The van der Waals surface area contributed by atoms with Gasteiger partial charge in [-0.2, -0.15) is 0 Å². The van der Waals surface area contributed by atoms with Crippen molar-refractivity contribution in [3.05, 3.63) is 0 Å². The maximum atomic E-state index is 11.7. The van der Waals surface area contributed by atoms with Gasteiger partial charge >= 0.3 is 0 Å². The van der Waals surface area contributed by atoms with E-state index in [1.165, 1.54) is 6.42 Å². The van der Waals surface area contributed by atoms with E-state index in [1.807, 2.05) is 0 Å². The SMILES string of the molecule is CC1(C)C2CC3NC(=O)C(C2)C31C. The van der Waals surface area contributed by atoms with E-state index in [1.54, 1.807) is 0 Å². The second-order valence-electron chi connectivity index (χ2n) is 5.79. The molecular formula is C11H17NO. The predicted molar refractivity (Wildman–Crippen MR) is 50.0 cm³/mol. The van der Waals surface area contributed by atoms with Gasteiger partial charge in [0.25, 0.3) is 0 Å². The summed E-state index contributed by atoms with van der Waals surface area (Å²) in [6.07, 6.45) is 2.34. The van der Waals surface area contributed by atoms with Gasteiger partial charge in [0, 0.05) is 17.4 Å². The van der Waals surface area contributed by atoms with Gasteiger partial charge < -0.3 is 5.32 Å². The molecule has 0 spiro atoms. The van der Waals surface area contributed by atoms with Crippen molar-refractivity contribution in [2.75, 3.05) is 0 Å². The number of amides is 1. The fourth-order valence-electron chi connectivity index (χ4n) is 4.19. The predicted octanol–water partition coefficient (Wildman–Crippen LogP) is 1.56. The summed E-state index contributed by atoms with van der Waals surface area (Å²) in [4.78, 5) is 11.7. The normalized spacial score (nSPS) is 55.6. The number of hydrogen-bond acceptors (Lipinski definition) is 1. The molecule has 3 rings (SSSR count). The molecule has 4 atom stereocenters. The lowest BCUT2D eigenvalue weighted by Crippen LogP contribution is -2.38. The van der Waals surface area contributed by atoms with Crippen molar-refractivity contribution in [3.8, 4) is 0 Å². The summed E-state index contributed by atoms with van der Waals surface area (Å²) in [5, 5.41) is 3.16. The topological polar surface area (TPSA) is 29.1 Å². The van der Waals surface area contributed by atoms with Gasteiger partial charge in [0.05, 0.1) is 0 Å². The van der Waals surface area contributed by atoms with Crippen LogP contribution in [-0.2, 0) is 4.79 Å². The molecule has 0 radical (unpaired) electrons. The molecular weight excluding hydrogens is 162 g/mol. The first kappa shape index (κ1) is 7.84. The number of hydrogen-bond donors (Lipinski definition) is 1. The average Bonchev–Trinajstić information content (AvgIpc) is 2.43. The maximum absolute atomic E-state index is 11.7. The molecule has 0 aromatic rings. The molecule has 0 aromatic carbocycles. The molecule has 1 saturated heterocycles.